The van der Waals surface area contributed by atoms with E-state index in [1.165, 1.54) is 17.0 Å². The second-order valence-electron chi connectivity index (χ2n) is 5.96. The van der Waals surface area contributed by atoms with Crippen LogP contribution in [0.3, 0.4) is 0 Å². The van der Waals surface area contributed by atoms with Crippen molar-refractivity contribution in [2.24, 2.45) is 5.14 Å². The van der Waals surface area contributed by atoms with Crippen LogP contribution in [0.5, 0.6) is 0 Å². The highest BCUT2D eigenvalue weighted by atomic mass is 32.2. The highest BCUT2D eigenvalue weighted by Crippen LogP contribution is 2.39. The number of primary sulfonamides is 1. The summed E-state index contributed by atoms with van der Waals surface area (Å²) in [4.78, 5) is 15.5. The highest BCUT2D eigenvalue weighted by molar-refractivity contribution is 8.00. The lowest BCUT2D eigenvalue weighted by molar-refractivity contribution is -0.128. The van der Waals surface area contributed by atoms with Gasteiger partial charge in [0.25, 0.3) is 0 Å². The van der Waals surface area contributed by atoms with Gasteiger partial charge in [-0.3, -0.25) is 4.79 Å². The molecule has 3 rings (SSSR count). The Kier molecular flexibility index (Phi) is 5.96. The molecule has 8 heteroatoms. The summed E-state index contributed by atoms with van der Waals surface area (Å²) in [6.45, 7) is 0.593. The zero-order valence-electron chi connectivity index (χ0n) is 14.3. The number of hydrogen-bond acceptors (Lipinski definition) is 5. The third-order valence-corrected chi connectivity index (χ3v) is 7.19. The number of rotatable bonds is 6. The van der Waals surface area contributed by atoms with Crippen LogP contribution in [-0.4, -0.2) is 37.8 Å². The molecule has 1 amide bonds. The Morgan fingerprint density at radius 2 is 1.81 bits per heavy atom. The molecule has 1 aliphatic rings. The predicted octanol–water partition coefficient (Wildman–Crippen LogP) is 2.87. The second-order valence-corrected chi connectivity index (χ2v) is 9.47. The van der Waals surface area contributed by atoms with Crippen molar-refractivity contribution in [3.05, 3.63) is 59.7 Å². The molecule has 26 heavy (non-hydrogen) atoms. The van der Waals surface area contributed by atoms with E-state index in [4.69, 9.17) is 5.14 Å². The van der Waals surface area contributed by atoms with Gasteiger partial charge in [0.15, 0.2) is 0 Å². The number of benzene rings is 2. The van der Waals surface area contributed by atoms with E-state index < -0.39 is 10.0 Å². The Morgan fingerprint density at radius 1 is 1.15 bits per heavy atom. The van der Waals surface area contributed by atoms with Gasteiger partial charge in [-0.2, -0.15) is 0 Å². The SMILES string of the molecule is CSc1ccc(C2SCC(=O)N2CCc2ccc(S(N)(=O)=O)cc2)cc1. The van der Waals surface area contributed by atoms with Crippen LogP contribution < -0.4 is 5.14 Å². The third-order valence-electron chi connectivity index (χ3n) is 4.26. The van der Waals surface area contributed by atoms with E-state index >= 15 is 0 Å². The first-order valence-corrected chi connectivity index (χ1v) is 11.9. The molecule has 1 fully saturated rings. The Bertz CT molecular complexity index is 881. The Balaban J connectivity index is 1.69. The molecule has 0 aliphatic carbocycles. The first-order valence-electron chi connectivity index (χ1n) is 8.05. The summed E-state index contributed by atoms with van der Waals surface area (Å²) in [6, 6.07) is 14.8. The minimum Gasteiger partial charge on any atom is -0.326 e. The molecule has 0 radical (unpaired) electrons. The molecule has 2 aromatic carbocycles. The van der Waals surface area contributed by atoms with Gasteiger partial charge in [-0.05, 0) is 48.1 Å². The normalized spacial score (nSPS) is 17.7. The summed E-state index contributed by atoms with van der Waals surface area (Å²) in [5, 5.41) is 5.15. The van der Waals surface area contributed by atoms with Crippen molar-refractivity contribution in [2.45, 2.75) is 21.6 Å². The van der Waals surface area contributed by atoms with Crippen molar-refractivity contribution in [2.75, 3.05) is 18.6 Å². The van der Waals surface area contributed by atoms with Crippen LogP contribution in [0.1, 0.15) is 16.5 Å². The van der Waals surface area contributed by atoms with Crippen molar-refractivity contribution in [1.82, 2.24) is 4.90 Å². The molecule has 1 aliphatic heterocycles. The molecule has 2 aromatic rings. The fourth-order valence-electron chi connectivity index (χ4n) is 2.84. The summed E-state index contributed by atoms with van der Waals surface area (Å²) in [6.07, 6.45) is 2.70. The number of thioether (sulfide) groups is 2. The van der Waals surface area contributed by atoms with E-state index in [-0.39, 0.29) is 16.2 Å². The number of amides is 1. The maximum atomic E-state index is 12.3. The van der Waals surface area contributed by atoms with E-state index in [0.29, 0.717) is 18.7 Å². The zero-order chi connectivity index (χ0) is 18.7. The topological polar surface area (TPSA) is 80.5 Å². The van der Waals surface area contributed by atoms with Crippen molar-refractivity contribution in [3.8, 4) is 0 Å². The quantitative estimate of drug-likeness (QED) is 0.744. The smallest absolute Gasteiger partial charge is 0.238 e. The Morgan fingerprint density at radius 3 is 2.38 bits per heavy atom. The van der Waals surface area contributed by atoms with Gasteiger partial charge in [0.2, 0.25) is 15.9 Å². The average Bonchev–Trinajstić information content (AvgIpc) is 3.00. The number of sulfonamides is 1. The van der Waals surface area contributed by atoms with Crippen LogP contribution in [0.4, 0.5) is 0 Å². The van der Waals surface area contributed by atoms with Gasteiger partial charge in [-0.25, -0.2) is 13.6 Å². The summed E-state index contributed by atoms with van der Waals surface area (Å²) in [5.41, 5.74) is 2.10. The molecule has 0 bridgehead atoms. The van der Waals surface area contributed by atoms with Gasteiger partial charge in [-0.15, -0.1) is 23.5 Å². The second kappa shape index (κ2) is 8.04. The largest absolute Gasteiger partial charge is 0.326 e. The molecule has 0 aromatic heterocycles. The van der Waals surface area contributed by atoms with Crippen molar-refractivity contribution in [3.63, 3.8) is 0 Å². The van der Waals surface area contributed by atoms with Crippen LogP contribution in [0.2, 0.25) is 0 Å². The minimum absolute atomic E-state index is 0.0297. The summed E-state index contributed by atoms with van der Waals surface area (Å²) >= 11 is 3.33. The number of carbonyl (C=O) groups is 1. The standard InChI is InChI=1S/C18H20N2O3S3/c1-24-15-6-4-14(5-7-15)18-20(17(21)12-25-18)11-10-13-2-8-16(9-3-13)26(19,22)23/h2-9,18H,10-12H2,1H3,(H2,19,22,23). The molecular formula is C18H20N2O3S3. The van der Waals surface area contributed by atoms with Crippen LogP contribution in [0.15, 0.2) is 58.3 Å². The third kappa shape index (κ3) is 4.43. The maximum Gasteiger partial charge on any atom is 0.238 e. The lowest BCUT2D eigenvalue weighted by atomic mass is 10.1. The summed E-state index contributed by atoms with van der Waals surface area (Å²) < 4.78 is 22.6. The van der Waals surface area contributed by atoms with E-state index in [2.05, 4.69) is 24.3 Å². The molecule has 1 heterocycles. The van der Waals surface area contributed by atoms with E-state index in [9.17, 15) is 13.2 Å². The van der Waals surface area contributed by atoms with Gasteiger partial charge in [0.1, 0.15) is 5.37 Å². The zero-order valence-corrected chi connectivity index (χ0v) is 16.7. The molecule has 1 saturated heterocycles. The van der Waals surface area contributed by atoms with Crippen LogP contribution >= 0.6 is 23.5 Å². The van der Waals surface area contributed by atoms with Crippen LogP contribution in [0, 0.1) is 0 Å². The van der Waals surface area contributed by atoms with E-state index in [1.54, 1.807) is 35.7 Å². The van der Waals surface area contributed by atoms with Crippen molar-refractivity contribution in [1.29, 1.82) is 0 Å². The van der Waals surface area contributed by atoms with Gasteiger partial charge in [0, 0.05) is 11.4 Å². The predicted molar refractivity (Wildman–Crippen MR) is 107 cm³/mol. The van der Waals surface area contributed by atoms with E-state index in [0.717, 1.165) is 11.1 Å². The minimum atomic E-state index is -3.68. The molecular weight excluding hydrogens is 388 g/mol. The Hall–Kier alpha value is -1.48. The molecule has 5 nitrogen and oxygen atoms in total. The lowest BCUT2D eigenvalue weighted by Gasteiger charge is -2.24. The number of nitrogens with zero attached hydrogens (tertiary/aromatic N) is 1. The monoisotopic (exact) mass is 408 g/mol. The summed E-state index contributed by atoms with van der Waals surface area (Å²) in [7, 11) is -3.68. The number of carbonyl (C=O) groups excluding carboxylic acids is 1. The lowest BCUT2D eigenvalue weighted by Crippen LogP contribution is -2.30. The molecule has 2 N–H and O–H groups in total. The molecule has 0 saturated carbocycles. The van der Waals surface area contributed by atoms with Crippen LogP contribution in [0.25, 0.3) is 0 Å². The van der Waals surface area contributed by atoms with Crippen molar-refractivity contribution < 1.29 is 13.2 Å². The fraction of sp³-hybridized carbons (Fsp3) is 0.278. The van der Waals surface area contributed by atoms with E-state index in [1.807, 2.05) is 11.2 Å². The first-order chi connectivity index (χ1) is 12.4. The van der Waals surface area contributed by atoms with Gasteiger partial charge >= 0.3 is 0 Å². The summed E-state index contributed by atoms with van der Waals surface area (Å²) in [5.74, 6) is 0.620. The number of nitrogens with two attached hydrogens (primary N) is 1. The highest BCUT2D eigenvalue weighted by Gasteiger charge is 2.32. The molecule has 1 unspecified atom stereocenters. The van der Waals surface area contributed by atoms with Crippen LogP contribution in [-0.2, 0) is 21.2 Å². The molecule has 1 atom stereocenters. The van der Waals surface area contributed by atoms with Gasteiger partial charge < -0.3 is 4.90 Å². The molecule has 138 valence electrons. The van der Waals surface area contributed by atoms with Crippen molar-refractivity contribution >= 4 is 39.5 Å². The Labute approximate surface area is 162 Å². The van der Waals surface area contributed by atoms with Gasteiger partial charge in [0.05, 0.1) is 10.6 Å². The maximum absolute atomic E-state index is 12.3. The average molecular weight is 409 g/mol. The first kappa shape index (κ1) is 19.3. The fourth-order valence-corrected chi connectivity index (χ4v) is 4.98. The molecule has 0 spiro atoms. The van der Waals surface area contributed by atoms with Gasteiger partial charge in [-0.1, -0.05) is 24.3 Å². The number of hydrogen-bond donors (Lipinski definition) is 1.